The Morgan fingerprint density at radius 2 is 2.00 bits per heavy atom. The molecule has 1 aromatic carbocycles. The van der Waals surface area contributed by atoms with Crippen molar-refractivity contribution in [1.82, 2.24) is 15.1 Å². The van der Waals surface area contributed by atoms with Crippen molar-refractivity contribution >= 4 is 0 Å². The van der Waals surface area contributed by atoms with Gasteiger partial charge in [0, 0.05) is 30.9 Å². The number of benzene rings is 1. The number of nitrogens with one attached hydrogen (secondary N) is 1. The third-order valence-electron chi connectivity index (χ3n) is 4.04. The van der Waals surface area contributed by atoms with E-state index >= 15 is 0 Å². The number of aliphatic hydroxyl groups is 1. The van der Waals surface area contributed by atoms with Gasteiger partial charge < -0.3 is 10.4 Å². The van der Waals surface area contributed by atoms with Gasteiger partial charge in [0.25, 0.3) is 0 Å². The van der Waals surface area contributed by atoms with Gasteiger partial charge in [-0.15, -0.1) is 0 Å². The number of hydrogen-bond donors (Lipinski definition) is 2. The third kappa shape index (κ3) is 3.52. The van der Waals surface area contributed by atoms with E-state index in [-0.39, 0.29) is 6.04 Å². The van der Waals surface area contributed by atoms with Gasteiger partial charge in [-0.25, -0.2) is 0 Å². The van der Waals surface area contributed by atoms with Gasteiger partial charge in [0.1, 0.15) is 0 Å². The first kappa shape index (κ1) is 15.7. The van der Waals surface area contributed by atoms with Crippen LogP contribution in [0.15, 0.2) is 24.3 Å². The molecule has 0 aliphatic heterocycles. The lowest BCUT2D eigenvalue weighted by Gasteiger charge is -2.18. The molecule has 4 heteroatoms. The second-order valence-electron chi connectivity index (χ2n) is 5.77. The maximum absolute atomic E-state index is 10.3. The molecule has 0 aliphatic carbocycles. The molecule has 4 nitrogen and oxygen atoms in total. The predicted molar refractivity (Wildman–Crippen MR) is 85.2 cm³/mol. The highest BCUT2D eigenvalue weighted by molar-refractivity contribution is 5.28. The van der Waals surface area contributed by atoms with Crippen LogP contribution in [0.4, 0.5) is 0 Å². The minimum atomic E-state index is -0.496. The summed E-state index contributed by atoms with van der Waals surface area (Å²) in [6, 6.07) is 8.17. The number of rotatable bonds is 5. The van der Waals surface area contributed by atoms with Crippen molar-refractivity contribution in [1.29, 1.82) is 0 Å². The number of nitrogens with zero attached hydrogens (tertiary/aromatic N) is 2. The first-order valence-corrected chi connectivity index (χ1v) is 7.38. The van der Waals surface area contributed by atoms with Crippen molar-refractivity contribution in [2.24, 2.45) is 7.05 Å². The van der Waals surface area contributed by atoms with E-state index in [0.717, 1.165) is 17.0 Å². The Morgan fingerprint density at radius 1 is 1.29 bits per heavy atom. The van der Waals surface area contributed by atoms with E-state index in [0.29, 0.717) is 6.54 Å². The topological polar surface area (TPSA) is 50.1 Å². The molecular formula is C17H25N3O. The molecule has 1 heterocycles. The van der Waals surface area contributed by atoms with Crippen molar-refractivity contribution in [3.05, 3.63) is 52.3 Å². The van der Waals surface area contributed by atoms with Crippen LogP contribution in [0.2, 0.25) is 0 Å². The molecule has 0 saturated heterocycles. The lowest BCUT2D eigenvalue weighted by Crippen LogP contribution is -2.25. The molecule has 1 aromatic heterocycles. The Morgan fingerprint density at radius 3 is 2.57 bits per heavy atom. The highest BCUT2D eigenvalue weighted by Gasteiger charge is 2.17. The SMILES string of the molecule is Cc1cccc(C(O)CNC(C)c2c(C)nn(C)c2C)c1. The lowest BCUT2D eigenvalue weighted by atomic mass is 10.0. The molecular weight excluding hydrogens is 262 g/mol. The molecule has 114 valence electrons. The monoisotopic (exact) mass is 287 g/mol. The van der Waals surface area contributed by atoms with Crippen LogP contribution in [0.3, 0.4) is 0 Å². The van der Waals surface area contributed by atoms with E-state index in [1.807, 2.05) is 49.8 Å². The molecule has 0 bridgehead atoms. The molecule has 0 fully saturated rings. The van der Waals surface area contributed by atoms with Crippen LogP contribution in [0.5, 0.6) is 0 Å². The Bertz CT molecular complexity index is 618. The Hall–Kier alpha value is -1.65. The van der Waals surface area contributed by atoms with E-state index in [4.69, 9.17) is 0 Å². The quantitative estimate of drug-likeness (QED) is 0.889. The number of aliphatic hydroxyl groups excluding tert-OH is 1. The van der Waals surface area contributed by atoms with Crippen LogP contribution < -0.4 is 5.32 Å². The minimum absolute atomic E-state index is 0.165. The maximum atomic E-state index is 10.3. The average molecular weight is 287 g/mol. The molecule has 0 radical (unpaired) electrons. The summed E-state index contributed by atoms with van der Waals surface area (Å²) in [4.78, 5) is 0. The second kappa shape index (κ2) is 6.41. The third-order valence-corrected chi connectivity index (χ3v) is 4.04. The zero-order valence-corrected chi connectivity index (χ0v) is 13.5. The molecule has 0 amide bonds. The summed E-state index contributed by atoms with van der Waals surface area (Å²) in [6.45, 7) is 8.77. The van der Waals surface area contributed by atoms with Crippen molar-refractivity contribution in [2.45, 2.75) is 39.8 Å². The predicted octanol–water partition coefficient (Wildman–Crippen LogP) is 2.73. The van der Waals surface area contributed by atoms with Crippen molar-refractivity contribution in [2.75, 3.05) is 6.54 Å². The van der Waals surface area contributed by atoms with Gasteiger partial charge in [-0.2, -0.15) is 5.10 Å². The fraction of sp³-hybridized carbons (Fsp3) is 0.471. The van der Waals surface area contributed by atoms with Crippen molar-refractivity contribution in [3.8, 4) is 0 Å². The van der Waals surface area contributed by atoms with E-state index in [2.05, 4.69) is 24.3 Å². The van der Waals surface area contributed by atoms with E-state index < -0.39 is 6.10 Å². The zero-order valence-electron chi connectivity index (χ0n) is 13.5. The first-order valence-electron chi connectivity index (χ1n) is 7.38. The van der Waals surface area contributed by atoms with Crippen LogP contribution in [0.25, 0.3) is 0 Å². The zero-order chi connectivity index (χ0) is 15.6. The maximum Gasteiger partial charge on any atom is 0.0914 e. The fourth-order valence-corrected chi connectivity index (χ4v) is 2.80. The summed E-state index contributed by atoms with van der Waals surface area (Å²) in [6.07, 6.45) is -0.496. The van der Waals surface area contributed by atoms with Gasteiger partial charge in [-0.1, -0.05) is 29.8 Å². The van der Waals surface area contributed by atoms with Gasteiger partial charge in [-0.3, -0.25) is 4.68 Å². The molecule has 2 unspecified atom stereocenters. The van der Waals surface area contributed by atoms with Crippen LogP contribution >= 0.6 is 0 Å². The summed E-state index contributed by atoms with van der Waals surface area (Å²) in [5, 5.41) is 18.2. The largest absolute Gasteiger partial charge is 0.387 e. The molecule has 0 aliphatic rings. The molecule has 2 atom stereocenters. The minimum Gasteiger partial charge on any atom is -0.387 e. The summed E-state index contributed by atoms with van der Waals surface area (Å²) in [5.41, 5.74) is 5.54. The number of aryl methyl sites for hydroxylation is 3. The number of aromatic nitrogens is 2. The summed E-state index contributed by atoms with van der Waals surface area (Å²) >= 11 is 0. The van der Waals surface area contributed by atoms with Gasteiger partial charge in [0.2, 0.25) is 0 Å². The summed E-state index contributed by atoms with van der Waals surface area (Å²) < 4.78 is 1.90. The van der Waals surface area contributed by atoms with E-state index in [9.17, 15) is 5.11 Å². The van der Waals surface area contributed by atoms with Gasteiger partial charge >= 0.3 is 0 Å². The van der Waals surface area contributed by atoms with Crippen LogP contribution in [0.1, 0.15) is 47.1 Å². The summed E-state index contributed by atoms with van der Waals surface area (Å²) in [7, 11) is 1.96. The van der Waals surface area contributed by atoms with Gasteiger partial charge in [0.15, 0.2) is 0 Å². The fourth-order valence-electron chi connectivity index (χ4n) is 2.80. The Balaban J connectivity index is 2.02. The normalized spacial score (nSPS) is 14.2. The van der Waals surface area contributed by atoms with E-state index in [1.165, 1.54) is 11.1 Å². The molecule has 0 saturated carbocycles. The van der Waals surface area contributed by atoms with Crippen LogP contribution in [-0.4, -0.2) is 21.4 Å². The molecule has 2 rings (SSSR count). The average Bonchev–Trinajstić information content (AvgIpc) is 2.69. The Labute approximate surface area is 126 Å². The summed E-state index contributed by atoms with van der Waals surface area (Å²) in [5.74, 6) is 0. The van der Waals surface area contributed by atoms with Gasteiger partial charge in [-0.05, 0) is 33.3 Å². The standard InChI is InChI=1S/C17H25N3O/c1-11-7-6-8-15(9-11)16(21)10-18-12(2)17-13(3)19-20(5)14(17)4/h6-9,12,16,18,21H,10H2,1-5H3. The second-order valence-corrected chi connectivity index (χ2v) is 5.77. The number of hydrogen-bond acceptors (Lipinski definition) is 3. The van der Waals surface area contributed by atoms with Crippen molar-refractivity contribution < 1.29 is 5.11 Å². The Kier molecular flexibility index (Phi) is 4.80. The van der Waals surface area contributed by atoms with Crippen molar-refractivity contribution in [3.63, 3.8) is 0 Å². The molecule has 0 spiro atoms. The lowest BCUT2D eigenvalue weighted by molar-refractivity contribution is 0.170. The highest BCUT2D eigenvalue weighted by atomic mass is 16.3. The molecule has 2 N–H and O–H groups in total. The van der Waals surface area contributed by atoms with E-state index in [1.54, 1.807) is 0 Å². The molecule has 21 heavy (non-hydrogen) atoms. The highest BCUT2D eigenvalue weighted by Crippen LogP contribution is 2.21. The van der Waals surface area contributed by atoms with Crippen LogP contribution in [-0.2, 0) is 7.05 Å². The van der Waals surface area contributed by atoms with Crippen LogP contribution in [0, 0.1) is 20.8 Å². The van der Waals surface area contributed by atoms with Gasteiger partial charge in [0.05, 0.1) is 11.8 Å². The first-order chi connectivity index (χ1) is 9.90. The molecule has 2 aromatic rings. The smallest absolute Gasteiger partial charge is 0.0914 e.